The van der Waals surface area contributed by atoms with Gasteiger partial charge in [-0.2, -0.15) is 4.31 Å². The number of hydrogen-bond acceptors (Lipinski definition) is 3. The average Bonchev–Trinajstić information content (AvgIpc) is 2.72. The van der Waals surface area contributed by atoms with E-state index in [2.05, 4.69) is 5.32 Å². The minimum Gasteiger partial charge on any atom is -0.352 e. The molecule has 3 rings (SSSR count). The van der Waals surface area contributed by atoms with Gasteiger partial charge in [0.05, 0.1) is 4.90 Å². The van der Waals surface area contributed by atoms with E-state index in [0.29, 0.717) is 31.5 Å². The van der Waals surface area contributed by atoms with E-state index in [4.69, 9.17) is 0 Å². The number of halogens is 1. The van der Waals surface area contributed by atoms with Gasteiger partial charge in [-0.05, 0) is 42.0 Å². The number of sulfonamides is 1. The predicted molar refractivity (Wildman–Crippen MR) is 115 cm³/mol. The van der Waals surface area contributed by atoms with Gasteiger partial charge in [0.1, 0.15) is 5.82 Å². The van der Waals surface area contributed by atoms with Crippen LogP contribution in [-0.2, 0) is 26.8 Å². The van der Waals surface area contributed by atoms with Crippen LogP contribution in [0.3, 0.4) is 0 Å². The van der Waals surface area contributed by atoms with Crippen LogP contribution in [0.25, 0.3) is 0 Å². The lowest BCUT2D eigenvalue weighted by atomic mass is 9.87. The van der Waals surface area contributed by atoms with Gasteiger partial charge in [0.15, 0.2) is 0 Å². The standard InChI is InChI=1S/C23H29FN2O3S/c1-23(2,3)19-8-6-9-20(15-19)30(28,29)26-13-11-17(12-14-26)22(27)25-16-18-7-4-5-10-21(18)24/h4-10,15,17H,11-14,16H2,1-3H3,(H,25,27). The van der Waals surface area contributed by atoms with Crippen molar-refractivity contribution in [3.63, 3.8) is 0 Å². The molecule has 0 aromatic heterocycles. The normalized spacial score (nSPS) is 16.4. The van der Waals surface area contributed by atoms with Crippen molar-refractivity contribution in [2.45, 2.75) is 50.5 Å². The summed E-state index contributed by atoms with van der Waals surface area (Å²) in [5.74, 6) is -0.787. The molecule has 0 unspecified atom stereocenters. The number of nitrogens with zero attached hydrogens (tertiary/aromatic N) is 1. The highest BCUT2D eigenvalue weighted by atomic mass is 32.2. The third kappa shape index (κ3) is 5.08. The summed E-state index contributed by atoms with van der Waals surface area (Å²) in [5, 5.41) is 2.77. The second kappa shape index (κ2) is 8.86. The van der Waals surface area contributed by atoms with Crippen LogP contribution in [0.4, 0.5) is 4.39 Å². The molecule has 2 aromatic rings. The van der Waals surface area contributed by atoms with E-state index in [-0.39, 0.29) is 34.5 Å². The maximum absolute atomic E-state index is 13.7. The van der Waals surface area contributed by atoms with E-state index in [0.717, 1.165) is 5.56 Å². The Morgan fingerprint density at radius 2 is 1.77 bits per heavy atom. The van der Waals surface area contributed by atoms with Crippen LogP contribution in [0.15, 0.2) is 53.4 Å². The van der Waals surface area contributed by atoms with Crippen molar-refractivity contribution in [3.05, 3.63) is 65.5 Å². The first-order chi connectivity index (χ1) is 14.1. The van der Waals surface area contributed by atoms with Crippen molar-refractivity contribution in [2.75, 3.05) is 13.1 Å². The Morgan fingerprint density at radius 3 is 2.40 bits per heavy atom. The van der Waals surface area contributed by atoms with E-state index >= 15 is 0 Å². The largest absolute Gasteiger partial charge is 0.352 e. The molecule has 1 aliphatic heterocycles. The van der Waals surface area contributed by atoms with Crippen LogP contribution >= 0.6 is 0 Å². The third-order valence-electron chi connectivity index (χ3n) is 5.57. The van der Waals surface area contributed by atoms with Crippen LogP contribution in [0.2, 0.25) is 0 Å². The maximum Gasteiger partial charge on any atom is 0.243 e. The highest BCUT2D eigenvalue weighted by molar-refractivity contribution is 7.89. The Labute approximate surface area is 178 Å². The fourth-order valence-electron chi connectivity index (χ4n) is 3.60. The molecule has 30 heavy (non-hydrogen) atoms. The van der Waals surface area contributed by atoms with E-state index in [1.807, 2.05) is 26.8 Å². The lowest BCUT2D eigenvalue weighted by Crippen LogP contribution is -2.42. The monoisotopic (exact) mass is 432 g/mol. The van der Waals surface area contributed by atoms with E-state index < -0.39 is 10.0 Å². The molecule has 1 saturated heterocycles. The van der Waals surface area contributed by atoms with Crippen molar-refractivity contribution in [1.82, 2.24) is 9.62 Å². The van der Waals surface area contributed by atoms with Crippen LogP contribution in [0.5, 0.6) is 0 Å². The summed E-state index contributed by atoms with van der Waals surface area (Å²) < 4.78 is 41.3. The van der Waals surface area contributed by atoms with E-state index in [9.17, 15) is 17.6 Å². The molecule has 162 valence electrons. The van der Waals surface area contributed by atoms with Gasteiger partial charge in [0.25, 0.3) is 0 Å². The zero-order valence-corrected chi connectivity index (χ0v) is 18.5. The molecule has 0 atom stereocenters. The Morgan fingerprint density at radius 1 is 1.10 bits per heavy atom. The first kappa shape index (κ1) is 22.4. The van der Waals surface area contributed by atoms with E-state index in [1.54, 1.807) is 36.4 Å². The zero-order valence-electron chi connectivity index (χ0n) is 17.7. The number of benzene rings is 2. The minimum absolute atomic E-state index is 0.129. The van der Waals surface area contributed by atoms with Gasteiger partial charge in [0, 0.05) is 31.1 Å². The van der Waals surface area contributed by atoms with Gasteiger partial charge in [-0.3, -0.25) is 4.79 Å². The second-order valence-corrected chi connectivity index (χ2v) is 10.7. The predicted octanol–water partition coefficient (Wildman–Crippen LogP) is 3.84. The molecule has 0 spiro atoms. The molecular formula is C23H29FN2O3S. The fourth-order valence-corrected chi connectivity index (χ4v) is 5.12. The van der Waals surface area contributed by atoms with Gasteiger partial charge < -0.3 is 5.32 Å². The summed E-state index contributed by atoms with van der Waals surface area (Å²) in [4.78, 5) is 12.8. The molecule has 7 heteroatoms. The number of nitrogens with one attached hydrogen (secondary N) is 1. The van der Waals surface area contributed by atoms with E-state index in [1.165, 1.54) is 10.4 Å². The smallest absolute Gasteiger partial charge is 0.243 e. The first-order valence-electron chi connectivity index (χ1n) is 10.2. The Kier molecular flexibility index (Phi) is 6.62. The summed E-state index contributed by atoms with van der Waals surface area (Å²) in [7, 11) is -3.60. The number of amides is 1. The molecule has 1 aliphatic rings. The van der Waals surface area contributed by atoms with Crippen molar-refractivity contribution >= 4 is 15.9 Å². The quantitative estimate of drug-likeness (QED) is 0.781. The lowest BCUT2D eigenvalue weighted by molar-refractivity contribution is -0.126. The summed E-state index contributed by atoms with van der Waals surface area (Å²) in [6.07, 6.45) is 0.891. The molecule has 0 saturated carbocycles. The number of piperidine rings is 1. The second-order valence-electron chi connectivity index (χ2n) is 8.77. The topological polar surface area (TPSA) is 66.5 Å². The molecule has 1 amide bonds. The number of hydrogen-bond donors (Lipinski definition) is 1. The highest BCUT2D eigenvalue weighted by Gasteiger charge is 2.32. The van der Waals surface area contributed by atoms with Crippen LogP contribution < -0.4 is 5.32 Å². The molecule has 2 aromatic carbocycles. The summed E-state index contributed by atoms with van der Waals surface area (Å²) in [6, 6.07) is 13.4. The Hall–Kier alpha value is -2.25. The average molecular weight is 433 g/mol. The molecule has 1 fully saturated rings. The highest BCUT2D eigenvalue weighted by Crippen LogP contribution is 2.28. The van der Waals surface area contributed by atoms with Crippen LogP contribution in [0.1, 0.15) is 44.7 Å². The molecular weight excluding hydrogens is 403 g/mol. The summed E-state index contributed by atoms with van der Waals surface area (Å²) in [5.41, 5.74) is 1.25. The Bertz CT molecular complexity index is 1010. The number of carbonyl (C=O) groups is 1. The molecule has 0 bridgehead atoms. The lowest BCUT2D eigenvalue weighted by Gasteiger charge is -2.31. The van der Waals surface area contributed by atoms with Gasteiger partial charge in [-0.25, -0.2) is 12.8 Å². The SMILES string of the molecule is CC(C)(C)c1cccc(S(=O)(=O)N2CCC(C(=O)NCc3ccccc3F)CC2)c1. The summed E-state index contributed by atoms with van der Waals surface area (Å²) in [6.45, 7) is 6.85. The third-order valence-corrected chi connectivity index (χ3v) is 7.47. The van der Waals surface area contributed by atoms with Gasteiger partial charge >= 0.3 is 0 Å². The van der Waals surface area contributed by atoms with Gasteiger partial charge in [0.2, 0.25) is 15.9 Å². The van der Waals surface area contributed by atoms with Crippen molar-refractivity contribution < 1.29 is 17.6 Å². The van der Waals surface area contributed by atoms with Crippen molar-refractivity contribution in [1.29, 1.82) is 0 Å². The first-order valence-corrected chi connectivity index (χ1v) is 11.6. The fraction of sp³-hybridized carbons (Fsp3) is 0.435. The van der Waals surface area contributed by atoms with Crippen LogP contribution in [-0.4, -0.2) is 31.7 Å². The number of rotatable bonds is 5. The minimum atomic E-state index is -3.60. The van der Waals surface area contributed by atoms with Crippen LogP contribution in [0, 0.1) is 11.7 Å². The molecule has 5 nitrogen and oxygen atoms in total. The molecule has 1 N–H and O–H groups in total. The van der Waals surface area contributed by atoms with Crippen molar-refractivity contribution in [2.24, 2.45) is 5.92 Å². The summed E-state index contributed by atoms with van der Waals surface area (Å²) >= 11 is 0. The number of carbonyl (C=O) groups excluding carboxylic acids is 1. The Balaban J connectivity index is 1.61. The molecule has 0 aliphatic carbocycles. The zero-order chi connectivity index (χ0) is 21.9. The van der Waals surface area contributed by atoms with Gasteiger partial charge in [-0.1, -0.05) is 51.1 Å². The molecule has 0 radical (unpaired) electrons. The van der Waals surface area contributed by atoms with Gasteiger partial charge in [-0.15, -0.1) is 0 Å². The van der Waals surface area contributed by atoms with Crippen molar-refractivity contribution in [3.8, 4) is 0 Å². The molecule has 1 heterocycles. The maximum atomic E-state index is 13.7.